The Kier molecular flexibility index (Phi) is 4.18. The highest BCUT2D eigenvalue weighted by Crippen LogP contribution is 2.19. The Labute approximate surface area is 122 Å². The summed E-state index contributed by atoms with van der Waals surface area (Å²) in [6.45, 7) is 4.01. The zero-order chi connectivity index (χ0) is 15.5. The van der Waals surface area contributed by atoms with Crippen LogP contribution >= 0.6 is 0 Å². The van der Waals surface area contributed by atoms with Crippen LogP contribution in [0.15, 0.2) is 36.7 Å². The summed E-state index contributed by atoms with van der Waals surface area (Å²) >= 11 is 0. The maximum Gasteiger partial charge on any atom is 0.356 e. The number of nitrogens with zero attached hydrogens (tertiary/aromatic N) is 2. The van der Waals surface area contributed by atoms with Gasteiger partial charge < -0.3 is 15.5 Å². The first-order valence-corrected chi connectivity index (χ1v) is 6.47. The Bertz CT molecular complexity index is 616. The number of aliphatic hydroxyl groups is 1. The summed E-state index contributed by atoms with van der Waals surface area (Å²) in [5.41, 5.74) is 0.920. The SMILES string of the molecule is CC(C)(O)c1ccc(CNc2cnc(C(=O)O)cn2)cc1. The minimum atomic E-state index is -1.10. The van der Waals surface area contributed by atoms with E-state index in [4.69, 9.17) is 5.11 Å². The summed E-state index contributed by atoms with van der Waals surface area (Å²) in [6, 6.07) is 7.57. The summed E-state index contributed by atoms with van der Waals surface area (Å²) in [5, 5.41) is 21.7. The Morgan fingerprint density at radius 3 is 2.33 bits per heavy atom. The molecule has 3 N–H and O–H groups in total. The van der Waals surface area contributed by atoms with Crippen LogP contribution in [0.1, 0.15) is 35.5 Å². The third kappa shape index (κ3) is 4.00. The molecule has 0 saturated carbocycles. The number of carboxylic acids is 1. The first-order chi connectivity index (χ1) is 9.86. The van der Waals surface area contributed by atoms with Crippen LogP contribution in [0, 0.1) is 0 Å². The number of benzene rings is 1. The van der Waals surface area contributed by atoms with E-state index in [2.05, 4.69) is 15.3 Å². The number of rotatable bonds is 5. The van der Waals surface area contributed by atoms with E-state index in [0.717, 1.165) is 11.1 Å². The molecule has 2 rings (SSSR count). The van der Waals surface area contributed by atoms with Crippen molar-refractivity contribution < 1.29 is 15.0 Å². The number of nitrogens with one attached hydrogen (secondary N) is 1. The van der Waals surface area contributed by atoms with Crippen molar-refractivity contribution in [3.63, 3.8) is 0 Å². The molecular weight excluding hydrogens is 270 g/mol. The number of carbonyl (C=O) groups is 1. The van der Waals surface area contributed by atoms with E-state index in [0.29, 0.717) is 12.4 Å². The van der Waals surface area contributed by atoms with Gasteiger partial charge in [-0.1, -0.05) is 24.3 Å². The number of aromatic carboxylic acids is 1. The molecule has 0 radical (unpaired) electrons. The van der Waals surface area contributed by atoms with E-state index in [1.807, 2.05) is 24.3 Å². The lowest BCUT2D eigenvalue weighted by molar-refractivity contribution is 0.0689. The Morgan fingerprint density at radius 2 is 1.86 bits per heavy atom. The fourth-order valence-corrected chi connectivity index (χ4v) is 1.75. The van der Waals surface area contributed by atoms with Gasteiger partial charge in [0.25, 0.3) is 0 Å². The van der Waals surface area contributed by atoms with Crippen molar-refractivity contribution in [2.75, 3.05) is 5.32 Å². The quantitative estimate of drug-likeness (QED) is 0.778. The highest BCUT2D eigenvalue weighted by atomic mass is 16.4. The van der Waals surface area contributed by atoms with Crippen LogP contribution < -0.4 is 5.32 Å². The maximum absolute atomic E-state index is 10.7. The molecule has 0 saturated heterocycles. The summed E-state index contributed by atoms with van der Waals surface area (Å²) in [4.78, 5) is 18.4. The van der Waals surface area contributed by atoms with Crippen molar-refractivity contribution in [2.24, 2.45) is 0 Å². The van der Waals surface area contributed by atoms with Crippen LogP contribution in [0.2, 0.25) is 0 Å². The van der Waals surface area contributed by atoms with Gasteiger partial charge in [-0.25, -0.2) is 14.8 Å². The predicted molar refractivity (Wildman–Crippen MR) is 78.0 cm³/mol. The van der Waals surface area contributed by atoms with Crippen molar-refractivity contribution in [3.8, 4) is 0 Å². The number of aromatic nitrogens is 2. The molecule has 0 aliphatic heterocycles. The van der Waals surface area contributed by atoms with Gasteiger partial charge in [0.1, 0.15) is 5.82 Å². The number of hydrogen-bond acceptors (Lipinski definition) is 5. The normalized spacial score (nSPS) is 11.2. The summed E-state index contributed by atoms with van der Waals surface area (Å²) in [6.07, 6.45) is 2.59. The number of carboxylic acid groups (broad SMARTS) is 1. The molecule has 0 aliphatic carbocycles. The largest absolute Gasteiger partial charge is 0.476 e. The van der Waals surface area contributed by atoms with E-state index in [1.54, 1.807) is 13.8 Å². The molecule has 0 spiro atoms. The molecule has 110 valence electrons. The highest BCUT2D eigenvalue weighted by molar-refractivity contribution is 5.84. The van der Waals surface area contributed by atoms with E-state index in [1.165, 1.54) is 12.4 Å². The Balaban J connectivity index is 1.98. The topological polar surface area (TPSA) is 95.3 Å². The number of hydrogen-bond donors (Lipinski definition) is 3. The second kappa shape index (κ2) is 5.88. The molecule has 0 aliphatic rings. The van der Waals surface area contributed by atoms with E-state index in [9.17, 15) is 9.90 Å². The van der Waals surface area contributed by atoms with Gasteiger partial charge in [-0.2, -0.15) is 0 Å². The van der Waals surface area contributed by atoms with E-state index in [-0.39, 0.29) is 5.69 Å². The lowest BCUT2D eigenvalue weighted by Gasteiger charge is -2.18. The van der Waals surface area contributed by atoms with Crippen molar-refractivity contribution in [2.45, 2.75) is 26.0 Å². The van der Waals surface area contributed by atoms with Crippen LogP contribution in [0.3, 0.4) is 0 Å². The van der Waals surface area contributed by atoms with E-state index >= 15 is 0 Å². The molecule has 1 heterocycles. The smallest absolute Gasteiger partial charge is 0.356 e. The lowest BCUT2D eigenvalue weighted by atomic mass is 9.97. The molecule has 0 fully saturated rings. The van der Waals surface area contributed by atoms with Crippen LogP contribution in [0.25, 0.3) is 0 Å². The molecule has 6 heteroatoms. The standard InChI is InChI=1S/C15H17N3O3/c1-15(2,21)11-5-3-10(4-6-11)7-17-13-9-16-12(8-18-13)14(19)20/h3-6,8-9,21H,7H2,1-2H3,(H,17,18)(H,19,20). The van der Waals surface area contributed by atoms with Gasteiger partial charge in [0.05, 0.1) is 18.0 Å². The minimum Gasteiger partial charge on any atom is -0.476 e. The molecule has 6 nitrogen and oxygen atoms in total. The second-order valence-corrected chi connectivity index (χ2v) is 5.20. The van der Waals surface area contributed by atoms with Gasteiger partial charge in [-0.05, 0) is 25.0 Å². The van der Waals surface area contributed by atoms with Crippen molar-refractivity contribution in [3.05, 3.63) is 53.5 Å². The van der Waals surface area contributed by atoms with Gasteiger partial charge in [-0.3, -0.25) is 0 Å². The Hall–Kier alpha value is -2.47. The molecule has 0 atom stereocenters. The molecule has 1 aromatic heterocycles. The lowest BCUT2D eigenvalue weighted by Crippen LogP contribution is -2.15. The van der Waals surface area contributed by atoms with Gasteiger partial charge in [0.2, 0.25) is 0 Å². The minimum absolute atomic E-state index is 0.0879. The first-order valence-electron chi connectivity index (χ1n) is 6.47. The van der Waals surface area contributed by atoms with Crippen LogP contribution in [-0.4, -0.2) is 26.2 Å². The first kappa shape index (κ1) is 14.9. The third-order valence-electron chi connectivity index (χ3n) is 3.00. The molecular formula is C15H17N3O3. The number of anilines is 1. The molecule has 0 amide bonds. The molecule has 0 unspecified atom stereocenters. The summed E-state index contributed by atoms with van der Waals surface area (Å²) in [5.74, 6) is -0.595. The predicted octanol–water partition coefficient (Wildman–Crippen LogP) is 2.01. The van der Waals surface area contributed by atoms with Crippen molar-refractivity contribution >= 4 is 11.8 Å². The fourth-order valence-electron chi connectivity index (χ4n) is 1.75. The Morgan fingerprint density at radius 1 is 1.19 bits per heavy atom. The van der Waals surface area contributed by atoms with Crippen molar-refractivity contribution in [1.82, 2.24) is 9.97 Å². The molecule has 21 heavy (non-hydrogen) atoms. The zero-order valence-electron chi connectivity index (χ0n) is 11.9. The molecule has 2 aromatic rings. The highest BCUT2D eigenvalue weighted by Gasteiger charge is 2.14. The van der Waals surface area contributed by atoms with Crippen LogP contribution in [0.4, 0.5) is 5.82 Å². The average molecular weight is 287 g/mol. The van der Waals surface area contributed by atoms with Gasteiger partial charge in [0, 0.05) is 6.54 Å². The zero-order valence-corrected chi connectivity index (χ0v) is 11.9. The maximum atomic E-state index is 10.7. The van der Waals surface area contributed by atoms with E-state index < -0.39 is 11.6 Å². The summed E-state index contributed by atoms with van der Waals surface area (Å²) < 4.78 is 0. The fraction of sp³-hybridized carbons (Fsp3) is 0.267. The van der Waals surface area contributed by atoms with Crippen LogP contribution in [0.5, 0.6) is 0 Å². The second-order valence-electron chi connectivity index (χ2n) is 5.20. The molecule has 0 bridgehead atoms. The van der Waals surface area contributed by atoms with Gasteiger partial charge >= 0.3 is 5.97 Å². The summed E-state index contributed by atoms with van der Waals surface area (Å²) in [7, 11) is 0. The van der Waals surface area contributed by atoms with Crippen LogP contribution in [-0.2, 0) is 12.1 Å². The third-order valence-corrected chi connectivity index (χ3v) is 3.00. The average Bonchev–Trinajstić information content (AvgIpc) is 2.45. The van der Waals surface area contributed by atoms with Gasteiger partial charge in [-0.15, -0.1) is 0 Å². The van der Waals surface area contributed by atoms with Gasteiger partial charge in [0.15, 0.2) is 5.69 Å². The van der Waals surface area contributed by atoms with Crippen molar-refractivity contribution in [1.29, 1.82) is 0 Å². The molecule has 1 aromatic carbocycles. The monoisotopic (exact) mass is 287 g/mol.